The lowest BCUT2D eigenvalue weighted by molar-refractivity contribution is -0.116. The lowest BCUT2D eigenvalue weighted by atomic mass is 10.0. The second-order valence-electron chi connectivity index (χ2n) is 3.60. The molecule has 0 bridgehead atoms. The molecule has 1 aromatic rings. The fourth-order valence-electron chi connectivity index (χ4n) is 1.71. The highest BCUT2D eigenvalue weighted by molar-refractivity contribution is 5.94. The Hall–Kier alpha value is -1.61. The van der Waals surface area contributed by atoms with Crippen molar-refractivity contribution in [2.75, 3.05) is 11.9 Å². The summed E-state index contributed by atoms with van der Waals surface area (Å²) < 4.78 is 0. The first-order valence-electron chi connectivity index (χ1n) is 5.09. The Kier molecular flexibility index (Phi) is 2.83. The molecule has 1 aliphatic heterocycles. The maximum Gasteiger partial charge on any atom is 0.224 e. The number of hydrogen-bond acceptors (Lipinski definition) is 2. The van der Waals surface area contributed by atoms with Gasteiger partial charge in [0.1, 0.15) is 0 Å². The summed E-state index contributed by atoms with van der Waals surface area (Å²) in [7, 11) is 0. The molecule has 3 nitrogen and oxygen atoms in total. The molecule has 1 aromatic carbocycles. The van der Waals surface area contributed by atoms with Gasteiger partial charge in [-0.15, -0.1) is 0 Å². The van der Waals surface area contributed by atoms with E-state index in [0.29, 0.717) is 13.0 Å². The minimum Gasteiger partial charge on any atom is -0.327 e. The molecule has 15 heavy (non-hydrogen) atoms. The van der Waals surface area contributed by atoms with E-state index in [-0.39, 0.29) is 5.91 Å². The van der Waals surface area contributed by atoms with E-state index in [1.54, 1.807) is 0 Å². The topological polar surface area (TPSA) is 55.1 Å². The highest BCUT2D eigenvalue weighted by atomic mass is 16.1. The Labute approximate surface area is 89.0 Å². The van der Waals surface area contributed by atoms with E-state index in [0.717, 1.165) is 17.7 Å². The number of carbonyl (C=O) groups excluding carboxylic acids is 1. The van der Waals surface area contributed by atoms with Crippen molar-refractivity contribution in [2.45, 2.75) is 12.8 Å². The van der Waals surface area contributed by atoms with Crippen LogP contribution in [-0.2, 0) is 11.2 Å². The molecule has 78 valence electrons. The van der Waals surface area contributed by atoms with Gasteiger partial charge in [0.25, 0.3) is 0 Å². The predicted octanol–water partition coefficient (Wildman–Crippen LogP) is 1.54. The van der Waals surface area contributed by atoms with Crippen LogP contribution in [0.4, 0.5) is 5.69 Å². The predicted molar refractivity (Wildman–Crippen MR) is 61.5 cm³/mol. The van der Waals surface area contributed by atoms with Gasteiger partial charge in [0.05, 0.1) is 0 Å². The molecular weight excluding hydrogens is 188 g/mol. The zero-order valence-corrected chi connectivity index (χ0v) is 8.49. The van der Waals surface area contributed by atoms with Gasteiger partial charge in [0.2, 0.25) is 5.91 Å². The first-order chi connectivity index (χ1) is 7.29. The molecule has 0 spiro atoms. The number of aryl methyl sites for hydroxylation is 1. The molecule has 1 aliphatic rings. The van der Waals surface area contributed by atoms with Crippen molar-refractivity contribution < 1.29 is 4.79 Å². The van der Waals surface area contributed by atoms with Crippen LogP contribution in [0.15, 0.2) is 24.3 Å². The number of amides is 1. The number of nitrogens with two attached hydrogens (primary N) is 1. The Morgan fingerprint density at radius 2 is 2.27 bits per heavy atom. The van der Waals surface area contributed by atoms with Gasteiger partial charge in [-0.1, -0.05) is 18.2 Å². The summed E-state index contributed by atoms with van der Waals surface area (Å²) in [5.41, 5.74) is 8.67. The molecule has 0 fully saturated rings. The third-order valence-electron chi connectivity index (χ3n) is 2.47. The van der Waals surface area contributed by atoms with Gasteiger partial charge in [-0.2, -0.15) is 0 Å². The highest BCUT2D eigenvalue weighted by Gasteiger charge is 2.13. The zero-order chi connectivity index (χ0) is 10.7. The Morgan fingerprint density at radius 3 is 3.07 bits per heavy atom. The summed E-state index contributed by atoms with van der Waals surface area (Å²) in [5.74, 6) is 0.104. The number of fused-ring (bicyclic) bond motifs is 1. The second kappa shape index (κ2) is 4.28. The van der Waals surface area contributed by atoms with E-state index in [4.69, 9.17) is 5.73 Å². The molecule has 0 radical (unpaired) electrons. The molecule has 0 atom stereocenters. The summed E-state index contributed by atoms with van der Waals surface area (Å²) in [5, 5.41) is 2.86. The SMILES string of the molecule is NC/C=C/c1ccc2c(c1)CCC(=O)N2. The molecule has 3 N–H and O–H groups in total. The average Bonchev–Trinajstić information content (AvgIpc) is 2.26. The smallest absolute Gasteiger partial charge is 0.224 e. The van der Waals surface area contributed by atoms with Crippen LogP contribution in [0.3, 0.4) is 0 Å². The van der Waals surface area contributed by atoms with Crippen LogP contribution in [0.25, 0.3) is 6.08 Å². The molecule has 1 amide bonds. The van der Waals surface area contributed by atoms with E-state index in [1.165, 1.54) is 5.56 Å². The number of nitrogens with one attached hydrogen (secondary N) is 1. The van der Waals surface area contributed by atoms with E-state index in [1.807, 2.05) is 24.3 Å². The molecule has 2 rings (SSSR count). The van der Waals surface area contributed by atoms with Crippen molar-refractivity contribution in [3.63, 3.8) is 0 Å². The van der Waals surface area contributed by atoms with Gasteiger partial charge in [-0.3, -0.25) is 4.79 Å². The summed E-state index contributed by atoms with van der Waals surface area (Å²) in [4.78, 5) is 11.1. The zero-order valence-electron chi connectivity index (χ0n) is 8.49. The van der Waals surface area contributed by atoms with Crippen LogP contribution >= 0.6 is 0 Å². The quantitative estimate of drug-likeness (QED) is 0.764. The van der Waals surface area contributed by atoms with Crippen LogP contribution < -0.4 is 11.1 Å². The fourth-order valence-corrected chi connectivity index (χ4v) is 1.71. The molecular formula is C12H14N2O. The van der Waals surface area contributed by atoms with Gasteiger partial charge < -0.3 is 11.1 Å². The molecule has 0 saturated heterocycles. The van der Waals surface area contributed by atoms with E-state index >= 15 is 0 Å². The summed E-state index contributed by atoms with van der Waals surface area (Å²) in [6.45, 7) is 0.549. The normalized spacial score (nSPS) is 15.1. The summed E-state index contributed by atoms with van der Waals surface area (Å²) in [6.07, 6.45) is 5.32. The number of carbonyl (C=O) groups is 1. The number of benzene rings is 1. The van der Waals surface area contributed by atoms with Crippen molar-refractivity contribution in [1.82, 2.24) is 0 Å². The largest absolute Gasteiger partial charge is 0.327 e. The minimum absolute atomic E-state index is 0.104. The standard InChI is InChI=1S/C12H14N2O/c13-7-1-2-9-3-5-11-10(8-9)4-6-12(15)14-11/h1-3,5,8H,4,6-7,13H2,(H,14,15)/b2-1+. The number of hydrogen-bond donors (Lipinski definition) is 2. The van der Waals surface area contributed by atoms with Crippen molar-refractivity contribution in [3.05, 3.63) is 35.4 Å². The lowest BCUT2D eigenvalue weighted by Gasteiger charge is -2.16. The van der Waals surface area contributed by atoms with Crippen LogP contribution in [-0.4, -0.2) is 12.5 Å². The van der Waals surface area contributed by atoms with Gasteiger partial charge in [-0.05, 0) is 29.7 Å². The third-order valence-corrected chi connectivity index (χ3v) is 2.47. The molecule has 1 heterocycles. The maximum absolute atomic E-state index is 11.1. The average molecular weight is 202 g/mol. The monoisotopic (exact) mass is 202 g/mol. The van der Waals surface area contributed by atoms with Crippen LogP contribution in [0, 0.1) is 0 Å². The van der Waals surface area contributed by atoms with Gasteiger partial charge in [-0.25, -0.2) is 0 Å². The fraction of sp³-hybridized carbons (Fsp3) is 0.250. The maximum atomic E-state index is 11.1. The minimum atomic E-state index is 0.104. The first-order valence-corrected chi connectivity index (χ1v) is 5.09. The van der Waals surface area contributed by atoms with Crippen molar-refractivity contribution >= 4 is 17.7 Å². The van der Waals surface area contributed by atoms with Crippen molar-refractivity contribution in [1.29, 1.82) is 0 Å². The lowest BCUT2D eigenvalue weighted by Crippen LogP contribution is -2.18. The van der Waals surface area contributed by atoms with E-state index < -0.39 is 0 Å². The molecule has 3 heteroatoms. The summed E-state index contributed by atoms with van der Waals surface area (Å²) in [6, 6.07) is 6.03. The highest BCUT2D eigenvalue weighted by Crippen LogP contribution is 2.23. The van der Waals surface area contributed by atoms with E-state index in [9.17, 15) is 4.79 Å². The molecule has 0 aliphatic carbocycles. The summed E-state index contributed by atoms with van der Waals surface area (Å²) >= 11 is 0. The van der Waals surface area contributed by atoms with Crippen LogP contribution in [0.1, 0.15) is 17.5 Å². The number of anilines is 1. The Morgan fingerprint density at radius 1 is 1.40 bits per heavy atom. The van der Waals surface area contributed by atoms with Crippen molar-refractivity contribution in [2.24, 2.45) is 5.73 Å². The third kappa shape index (κ3) is 2.25. The van der Waals surface area contributed by atoms with Crippen molar-refractivity contribution in [3.8, 4) is 0 Å². The molecule has 0 unspecified atom stereocenters. The molecule has 0 saturated carbocycles. The van der Waals surface area contributed by atoms with Gasteiger partial charge >= 0.3 is 0 Å². The first kappa shape index (κ1) is 9.93. The second-order valence-corrected chi connectivity index (χ2v) is 3.60. The van der Waals surface area contributed by atoms with Crippen LogP contribution in [0.5, 0.6) is 0 Å². The number of rotatable bonds is 2. The van der Waals surface area contributed by atoms with Crippen LogP contribution in [0.2, 0.25) is 0 Å². The van der Waals surface area contributed by atoms with Gasteiger partial charge in [0, 0.05) is 18.7 Å². The Balaban J connectivity index is 2.26. The Bertz CT molecular complexity index is 410. The van der Waals surface area contributed by atoms with E-state index in [2.05, 4.69) is 11.4 Å². The molecule has 0 aromatic heterocycles. The van der Waals surface area contributed by atoms with Gasteiger partial charge in [0.15, 0.2) is 0 Å².